The molecule has 18 heavy (non-hydrogen) atoms. The number of nitrogen functional groups attached to an aromatic ring is 1. The Labute approximate surface area is 110 Å². The number of aryl methyl sites for hydroxylation is 2. The summed E-state index contributed by atoms with van der Waals surface area (Å²) in [6, 6.07) is 0. The Morgan fingerprint density at radius 2 is 2.11 bits per heavy atom. The van der Waals surface area contributed by atoms with E-state index < -0.39 is 0 Å². The van der Waals surface area contributed by atoms with Gasteiger partial charge < -0.3 is 10.6 Å². The summed E-state index contributed by atoms with van der Waals surface area (Å²) in [7, 11) is 2.01. The van der Waals surface area contributed by atoms with E-state index >= 15 is 0 Å². The van der Waals surface area contributed by atoms with Crippen LogP contribution in [0.5, 0.6) is 0 Å². The number of hydrogen-bond acceptors (Lipinski definition) is 6. The summed E-state index contributed by atoms with van der Waals surface area (Å²) in [5.74, 6) is 0. The van der Waals surface area contributed by atoms with Crippen LogP contribution in [0.3, 0.4) is 0 Å². The molecule has 0 saturated heterocycles. The molecule has 0 aromatic carbocycles. The number of aromatic amines is 1. The Hall–Kier alpha value is -1.63. The van der Waals surface area contributed by atoms with Crippen molar-refractivity contribution in [2.24, 2.45) is 0 Å². The number of H-pyrrole nitrogens is 1. The van der Waals surface area contributed by atoms with Crippen molar-refractivity contribution in [1.82, 2.24) is 20.4 Å². The fraction of sp³-hybridized carbons (Fsp3) is 0.545. The van der Waals surface area contributed by atoms with Crippen molar-refractivity contribution >= 4 is 21.6 Å². The SMILES string of the molecule is Cc1n[nH]c(C)c1CCCN(C)c1nnc(N)s1. The molecule has 2 heterocycles. The molecule has 2 rings (SSSR count). The zero-order chi connectivity index (χ0) is 13.1. The number of nitrogens with one attached hydrogen (secondary N) is 1. The molecule has 0 fully saturated rings. The first-order chi connectivity index (χ1) is 8.58. The Kier molecular flexibility index (Phi) is 3.81. The molecular formula is C11H18N6S. The van der Waals surface area contributed by atoms with Crippen LogP contribution in [0.2, 0.25) is 0 Å². The normalized spacial score (nSPS) is 10.8. The van der Waals surface area contributed by atoms with Crippen LogP contribution in [0.25, 0.3) is 0 Å². The van der Waals surface area contributed by atoms with Gasteiger partial charge in [-0.15, -0.1) is 10.2 Å². The zero-order valence-corrected chi connectivity index (χ0v) is 11.7. The maximum absolute atomic E-state index is 5.57. The van der Waals surface area contributed by atoms with Gasteiger partial charge in [0.2, 0.25) is 10.3 Å². The van der Waals surface area contributed by atoms with Gasteiger partial charge in [0.1, 0.15) is 0 Å². The van der Waals surface area contributed by atoms with E-state index in [4.69, 9.17) is 5.73 Å². The van der Waals surface area contributed by atoms with Gasteiger partial charge in [0.15, 0.2) is 0 Å². The first-order valence-electron chi connectivity index (χ1n) is 5.88. The highest BCUT2D eigenvalue weighted by atomic mass is 32.1. The number of anilines is 2. The van der Waals surface area contributed by atoms with Gasteiger partial charge in [-0.25, -0.2) is 0 Å². The second kappa shape index (κ2) is 5.34. The lowest BCUT2D eigenvalue weighted by molar-refractivity contribution is 0.773. The van der Waals surface area contributed by atoms with Crippen molar-refractivity contribution in [2.45, 2.75) is 26.7 Å². The van der Waals surface area contributed by atoms with Crippen molar-refractivity contribution in [3.63, 3.8) is 0 Å². The Balaban J connectivity index is 1.86. The van der Waals surface area contributed by atoms with E-state index in [0.29, 0.717) is 5.13 Å². The second-order valence-electron chi connectivity index (χ2n) is 4.36. The van der Waals surface area contributed by atoms with Crippen LogP contribution in [0.15, 0.2) is 0 Å². The second-order valence-corrected chi connectivity index (χ2v) is 5.35. The first kappa shape index (κ1) is 12.8. The van der Waals surface area contributed by atoms with Crippen LogP contribution in [-0.2, 0) is 6.42 Å². The molecule has 6 nitrogen and oxygen atoms in total. The third-order valence-electron chi connectivity index (χ3n) is 2.96. The van der Waals surface area contributed by atoms with Crippen LogP contribution in [0, 0.1) is 13.8 Å². The topological polar surface area (TPSA) is 83.7 Å². The van der Waals surface area contributed by atoms with E-state index in [0.717, 1.165) is 35.9 Å². The lowest BCUT2D eigenvalue weighted by Crippen LogP contribution is -2.18. The molecule has 0 aliphatic carbocycles. The molecule has 0 unspecified atom stereocenters. The predicted molar refractivity (Wildman–Crippen MR) is 74.0 cm³/mol. The fourth-order valence-corrected chi connectivity index (χ4v) is 2.51. The number of rotatable bonds is 5. The van der Waals surface area contributed by atoms with Crippen molar-refractivity contribution in [1.29, 1.82) is 0 Å². The number of hydrogen-bond donors (Lipinski definition) is 2. The van der Waals surface area contributed by atoms with Gasteiger partial charge in [0.25, 0.3) is 0 Å². The molecule has 98 valence electrons. The van der Waals surface area contributed by atoms with Crippen molar-refractivity contribution in [3.8, 4) is 0 Å². The largest absolute Gasteiger partial charge is 0.374 e. The zero-order valence-electron chi connectivity index (χ0n) is 10.9. The fourth-order valence-electron chi connectivity index (χ4n) is 1.91. The summed E-state index contributed by atoms with van der Waals surface area (Å²) in [5, 5.41) is 16.4. The van der Waals surface area contributed by atoms with Gasteiger partial charge in [-0.3, -0.25) is 5.10 Å². The maximum Gasteiger partial charge on any atom is 0.209 e. The van der Waals surface area contributed by atoms with E-state index in [9.17, 15) is 0 Å². The molecule has 0 aliphatic rings. The third kappa shape index (κ3) is 2.79. The molecule has 0 bridgehead atoms. The van der Waals surface area contributed by atoms with E-state index in [1.165, 1.54) is 16.9 Å². The molecule has 3 N–H and O–H groups in total. The average Bonchev–Trinajstić information content (AvgIpc) is 2.89. The summed E-state index contributed by atoms with van der Waals surface area (Å²) in [5.41, 5.74) is 9.14. The number of aromatic nitrogens is 4. The van der Waals surface area contributed by atoms with Crippen molar-refractivity contribution < 1.29 is 0 Å². The minimum Gasteiger partial charge on any atom is -0.374 e. The molecule has 0 aliphatic heterocycles. The molecule has 2 aromatic heterocycles. The predicted octanol–water partition coefficient (Wildman–Crippen LogP) is 1.53. The van der Waals surface area contributed by atoms with Gasteiger partial charge >= 0.3 is 0 Å². The van der Waals surface area contributed by atoms with Crippen LogP contribution in [0.4, 0.5) is 10.3 Å². The third-order valence-corrected chi connectivity index (χ3v) is 3.82. The van der Waals surface area contributed by atoms with Gasteiger partial charge in [-0.05, 0) is 32.3 Å². The minimum atomic E-state index is 0.512. The quantitative estimate of drug-likeness (QED) is 0.857. The average molecular weight is 266 g/mol. The summed E-state index contributed by atoms with van der Waals surface area (Å²) < 4.78 is 0. The van der Waals surface area contributed by atoms with E-state index in [2.05, 4.69) is 32.2 Å². The minimum absolute atomic E-state index is 0.512. The molecule has 2 aromatic rings. The Morgan fingerprint density at radius 1 is 1.33 bits per heavy atom. The summed E-state index contributed by atoms with van der Waals surface area (Å²) in [4.78, 5) is 2.08. The highest BCUT2D eigenvalue weighted by Gasteiger charge is 2.09. The highest BCUT2D eigenvalue weighted by molar-refractivity contribution is 7.18. The van der Waals surface area contributed by atoms with Crippen LogP contribution >= 0.6 is 11.3 Å². The van der Waals surface area contributed by atoms with E-state index in [1.807, 2.05) is 14.0 Å². The standard InChI is InChI=1S/C11H18N6S/c1-7-9(8(2)14-13-7)5-4-6-17(3)11-16-15-10(12)18-11/h4-6H2,1-3H3,(H2,12,15)(H,13,14). The highest BCUT2D eigenvalue weighted by Crippen LogP contribution is 2.20. The van der Waals surface area contributed by atoms with Crippen molar-refractivity contribution in [3.05, 3.63) is 17.0 Å². The molecule has 0 atom stereocenters. The molecular weight excluding hydrogens is 248 g/mol. The Morgan fingerprint density at radius 3 is 2.67 bits per heavy atom. The van der Waals surface area contributed by atoms with Crippen LogP contribution < -0.4 is 10.6 Å². The molecule has 0 saturated carbocycles. The van der Waals surface area contributed by atoms with Gasteiger partial charge in [0.05, 0.1) is 5.69 Å². The number of nitrogens with zero attached hydrogens (tertiary/aromatic N) is 4. The van der Waals surface area contributed by atoms with E-state index in [-0.39, 0.29) is 0 Å². The van der Waals surface area contributed by atoms with Gasteiger partial charge in [-0.1, -0.05) is 11.3 Å². The Bertz CT molecular complexity index is 498. The number of nitrogens with two attached hydrogens (primary N) is 1. The summed E-state index contributed by atoms with van der Waals surface area (Å²) >= 11 is 1.41. The smallest absolute Gasteiger partial charge is 0.209 e. The first-order valence-corrected chi connectivity index (χ1v) is 6.70. The summed E-state index contributed by atoms with van der Waals surface area (Å²) in [6.07, 6.45) is 2.07. The molecule has 7 heteroatoms. The maximum atomic E-state index is 5.57. The lowest BCUT2D eigenvalue weighted by Gasteiger charge is -2.14. The lowest BCUT2D eigenvalue weighted by atomic mass is 10.1. The monoisotopic (exact) mass is 266 g/mol. The molecule has 0 amide bonds. The summed E-state index contributed by atoms with van der Waals surface area (Å²) in [6.45, 7) is 5.02. The van der Waals surface area contributed by atoms with E-state index in [1.54, 1.807) is 0 Å². The van der Waals surface area contributed by atoms with Gasteiger partial charge in [0, 0.05) is 19.3 Å². The van der Waals surface area contributed by atoms with Crippen LogP contribution in [-0.4, -0.2) is 34.0 Å². The van der Waals surface area contributed by atoms with Gasteiger partial charge in [-0.2, -0.15) is 5.10 Å². The molecule has 0 radical (unpaired) electrons. The van der Waals surface area contributed by atoms with Crippen molar-refractivity contribution in [2.75, 3.05) is 24.2 Å². The van der Waals surface area contributed by atoms with Crippen LogP contribution in [0.1, 0.15) is 23.4 Å². The molecule has 0 spiro atoms.